The van der Waals surface area contributed by atoms with Gasteiger partial charge in [0.25, 0.3) is 0 Å². The van der Waals surface area contributed by atoms with E-state index in [2.05, 4.69) is 43.7 Å². The smallest absolute Gasteiger partial charge is 0.313 e. The number of pyridine rings is 1. The summed E-state index contributed by atoms with van der Waals surface area (Å²) in [7, 11) is 0. The maximum Gasteiger partial charge on any atom is 0.313 e. The molecule has 32 heavy (non-hydrogen) atoms. The van der Waals surface area contributed by atoms with Crippen LogP contribution in [0.4, 0.5) is 5.82 Å². The summed E-state index contributed by atoms with van der Waals surface area (Å²) >= 11 is 1.20. The average Bonchev–Trinajstić information content (AvgIpc) is 3.42. The molecule has 1 saturated heterocycles. The van der Waals surface area contributed by atoms with Crippen LogP contribution in [0.1, 0.15) is 24.0 Å². The van der Waals surface area contributed by atoms with Gasteiger partial charge in [0.2, 0.25) is 0 Å². The monoisotopic (exact) mass is 447 g/mol. The first-order chi connectivity index (χ1) is 15.6. The van der Waals surface area contributed by atoms with Crippen LogP contribution in [0.2, 0.25) is 0 Å². The van der Waals surface area contributed by atoms with Gasteiger partial charge in [0.15, 0.2) is 11.0 Å². The van der Waals surface area contributed by atoms with Crippen LogP contribution in [0.15, 0.2) is 53.7 Å². The van der Waals surface area contributed by atoms with Crippen molar-refractivity contribution in [2.45, 2.75) is 31.1 Å². The number of hydrogen-bond donors (Lipinski definition) is 2. The number of carboxylic acids is 1. The Morgan fingerprint density at radius 3 is 2.41 bits per heavy atom. The van der Waals surface area contributed by atoms with Gasteiger partial charge in [0.1, 0.15) is 5.52 Å². The number of carboxylic acid groups (broad SMARTS) is 1. The predicted molar refractivity (Wildman–Crippen MR) is 128 cm³/mol. The molecule has 0 atom stereocenters. The number of benzene rings is 2. The van der Waals surface area contributed by atoms with E-state index in [-0.39, 0.29) is 5.75 Å². The number of likely N-dealkylation sites (tertiary alicyclic amines) is 1. The number of thioether (sulfide) groups is 1. The maximum atomic E-state index is 11.2. The molecule has 2 aromatic carbocycles. The number of nitrogen functional groups attached to an aromatic ring is 1. The highest BCUT2D eigenvalue weighted by Crippen LogP contribution is 2.32. The fourth-order valence-corrected chi connectivity index (χ4v) is 5.07. The first kappa shape index (κ1) is 20.8. The molecule has 3 N–H and O–H groups in total. The van der Waals surface area contributed by atoms with E-state index in [1.165, 1.54) is 43.3 Å². The third kappa shape index (κ3) is 4.16. The van der Waals surface area contributed by atoms with E-state index in [1.54, 1.807) is 0 Å². The molecule has 3 heterocycles. The number of para-hydroxylation sites is 1. The van der Waals surface area contributed by atoms with Crippen molar-refractivity contribution in [2.75, 3.05) is 24.6 Å². The Balaban J connectivity index is 1.53. The first-order valence-corrected chi connectivity index (χ1v) is 11.8. The summed E-state index contributed by atoms with van der Waals surface area (Å²) < 4.78 is 2.07. The highest BCUT2D eigenvalue weighted by Gasteiger charge is 2.19. The van der Waals surface area contributed by atoms with Gasteiger partial charge in [0, 0.05) is 11.9 Å². The summed E-state index contributed by atoms with van der Waals surface area (Å²) in [5.74, 6) is -0.588. The zero-order valence-electron chi connectivity index (χ0n) is 17.7. The molecule has 2 aromatic heterocycles. The molecule has 5 rings (SSSR count). The molecule has 0 bridgehead atoms. The number of aliphatic carboxylic acids is 1. The van der Waals surface area contributed by atoms with E-state index in [9.17, 15) is 9.90 Å². The van der Waals surface area contributed by atoms with Gasteiger partial charge in [-0.25, -0.2) is 9.97 Å². The number of rotatable bonds is 7. The Bertz CT molecular complexity index is 1280. The summed E-state index contributed by atoms with van der Waals surface area (Å²) in [6, 6.07) is 16.5. The normalized spacial score (nSPS) is 14.5. The molecule has 0 spiro atoms. The fourth-order valence-electron chi connectivity index (χ4n) is 4.35. The Kier molecular flexibility index (Phi) is 5.71. The lowest BCUT2D eigenvalue weighted by Crippen LogP contribution is -2.18. The van der Waals surface area contributed by atoms with Crippen LogP contribution in [0, 0.1) is 0 Å². The third-order valence-electron chi connectivity index (χ3n) is 5.87. The van der Waals surface area contributed by atoms with Crippen LogP contribution in [-0.4, -0.2) is 49.4 Å². The number of hydrogen-bond acceptors (Lipinski definition) is 6. The lowest BCUT2D eigenvalue weighted by atomic mass is 10.1. The van der Waals surface area contributed by atoms with Gasteiger partial charge in [-0.1, -0.05) is 54.2 Å². The van der Waals surface area contributed by atoms with Gasteiger partial charge in [0.05, 0.1) is 23.3 Å². The zero-order valence-corrected chi connectivity index (χ0v) is 18.5. The summed E-state index contributed by atoms with van der Waals surface area (Å²) in [6.45, 7) is 3.92. The average molecular weight is 448 g/mol. The quantitative estimate of drug-likeness (QED) is 0.414. The number of nitrogens with two attached hydrogens (primary N) is 1. The largest absolute Gasteiger partial charge is 0.481 e. The fraction of sp³-hybridized carbons (Fsp3) is 0.292. The summed E-state index contributed by atoms with van der Waals surface area (Å²) in [5.41, 5.74) is 11.0. The van der Waals surface area contributed by atoms with E-state index in [1.807, 2.05) is 24.3 Å². The van der Waals surface area contributed by atoms with Crippen molar-refractivity contribution >= 4 is 45.5 Å². The van der Waals surface area contributed by atoms with Crippen LogP contribution < -0.4 is 5.73 Å². The lowest BCUT2D eigenvalue weighted by molar-refractivity contribution is -0.133. The zero-order chi connectivity index (χ0) is 22.1. The minimum Gasteiger partial charge on any atom is -0.481 e. The van der Waals surface area contributed by atoms with Gasteiger partial charge in [-0.2, -0.15) is 0 Å². The standard InChI is InChI=1S/C24H25N5O2S/c25-23-21-22(18-5-1-2-6-19(18)26-23)29(24(27-21)32-15-20(30)31)14-17-9-7-16(8-10-17)13-28-11-3-4-12-28/h1-2,5-10H,3-4,11-15H2,(H2,25,26)(H,30,31). The van der Waals surface area contributed by atoms with Crippen LogP contribution in [0.3, 0.4) is 0 Å². The molecule has 1 fully saturated rings. The van der Waals surface area contributed by atoms with E-state index in [4.69, 9.17) is 5.73 Å². The summed E-state index contributed by atoms with van der Waals surface area (Å²) in [5, 5.41) is 10.8. The topological polar surface area (TPSA) is 97.3 Å². The molecule has 0 unspecified atom stereocenters. The molecule has 0 aliphatic carbocycles. The van der Waals surface area contributed by atoms with Crippen molar-refractivity contribution in [3.63, 3.8) is 0 Å². The van der Waals surface area contributed by atoms with Crippen molar-refractivity contribution in [3.05, 3.63) is 59.7 Å². The van der Waals surface area contributed by atoms with E-state index < -0.39 is 5.97 Å². The molecule has 0 radical (unpaired) electrons. The number of imidazole rings is 1. The summed E-state index contributed by atoms with van der Waals surface area (Å²) in [4.78, 5) is 22.9. The number of aromatic nitrogens is 3. The molecule has 0 saturated carbocycles. The maximum absolute atomic E-state index is 11.2. The highest BCUT2D eigenvalue weighted by molar-refractivity contribution is 7.99. The van der Waals surface area contributed by atoms with Crippen LogP contribution in [-0.2, 0) is 17.9 Å². The highest BCUT2D eigenvalue weighted by atomic mass is 32.2. The van der Waals surface area contributed by atoms with Crippen LogP contribution in [0.25, 0.3) is 21.9 Å². The van der Waals surface area contributed by atoms with E-state index in [0.717, 1.165) is 28.5 Å². The van der Waals surface area contributed by atoms with Crippen LogP contribution in [0.5, 0.6) is 0 Å². The molecule has 1 aliphatic heterocycles. The molecule has 0 amide bonds. The lowest BCUT2D eigenvalue weighted by Gasteiger charge is -2.15. The second-order valence-electron chi connectivity index (χ2n) is 8.17. The predicted octanol–water partition coefficient (Wildman–Crippen LogP) is 3.99. The van der Waals surface area contributed by atoms with Gasteiger partial charge >= 0.3 is 5.97 Å². The number of nitrogens with zero attached hydrogens (tertiary/aromatic N) is 4. The number of anilines is 1. The van der Waals surface area contributed by atoms with E-state index in [0.29, 0.717) is 23.0 Å². The van der Waals surface area contributed by atoms with Crippen molar-refractivity contribution < 1.29 is 9.90 Å². The van der Waals surface area contributed by atoms with Gasteiger partial charge < -0.3 is 15.4 Å². The van der Waals surface area contributed by atoms with Crippen molar-refractivity contribution in [1.82, 2.24) is 19.4 Å². The molecular formula is C24H25N5O2S. The molecular weight excluding hydrogens is 422 g/mol. The molecule has 1 aliphatic rings. The SMILES string of the molecule is Nc1nc2ccccc2c2c1nc(SCC(=O)O)n2Cc1ccc(CN2CCCC2)cc1. The van der Waals surface area contributed by atoms with Crippen molar-refractivity contribution in [1.29, 1.82) is 0 Å². The van der Waals surface area contributed by atoms with Gasteiger partial charge in [-0.3, -0.25) is 9.69 Å². The van der Waals surface area contributed by atoms with Gasteiger partial charge in [-0.05, 0) is 43.1 Å². The Labute approximate surface area is 190 Å². The van der Waals surface area contributed by atoms with Crippen molar-refractivity contribution in [3.8, 4) is 0 Å². The molecule has 164 valence electrons. The summed E-state index contributed by atoms with van der Waals surface area (Å²) in [6.07, 6.45) is 2.57. The van der Waals surface area contributed by atoms with E-state index >= 15 is 0 Å². The van der Waals surface area contributed by atoms with Gasteiger partial charge in [-0.15, -0.1) is 0 Å². The second-order valence-corrected chi connectivity index (χ2v) is 9.12. The minimum absolute atomic E-state index is 0.0661. The minimum atomic E-state index is -0.879. The number of carbonyl (C=O) groups is 1. The molecule has 8 heteroatoms. The first-order valence-electron chi connectivity index (χ1n) is 10.8. The third-order valence-corrected chi connectivity index (χ3v) is 6.83. The Hall–Kier alpha value is -3.10. The van der Waals surface area contributed by atoms with Crippen LogP contribution >= 0.6 is 11.8 Å². The molecule has 4 aromatic rings. The second kappa shape index (κ2) is 8.80. The molecule has 7 nitrogen and oxygen atoms in total. The Morgan fingerprint density at radius 2 is 1.69 bits per heavy atom. The van der Waals surface area contributed by atoms with Crippen molar-refractivity contribution in [2.24, 2.45) is 0 Å². The Morgan fingerprint density at radius 1 is 1.00 bits per heavy atom. The number of fused-ring (bicyclic) bond motifs is 3.